The van der Waals surface area contributed by atoms with Crippen LogP contribution in [0.3, 0.4) is 0 Å². The Bertz CT molecular complexity index is 1080. The van der Waals surface area contributed by atoms with Crippen molar-refractivity contribution < 1.29 is 9.47 Å². The molecule has 2 heterocycles. The molecule has 0 aliphatic carbocycles. The second kappa shape index (κ2) is 8.56. The molecule has 2 aromatic carbocycles. The predicted molar refractivity (Wildman–Crippen MR) is 111 cm³/mol. The first-order valence-corrected chi connectivity index (χ1v) is 9.51. The van der Waals surface area contributed by atoms with E-state index < -0.39 is 0 Å². The summed E-state index contributed by atoms with van der Waals surface area (Å²) in [5, 5.41) is 0. The first-order valence-electron chi connectivity index (χ1n) is 9.51. The van der Waals surface area contributed by atoms with E-state index in [1.165, 1.54) is 6.33 Å². The summed E-state index contributed by atoms with van der Waals surface area (Å²) in [6.45, 7) is 5.29. The maximum Gasteiger partial charge on any atom is 0.226 e. The van der Waals surface area contributed by atoms with Crippen molar-refractivity contribution in [1.82, 2.24) is 19.5 Å². The van der Waals surface area contributed by atoms with Gasteiger partial charge in [-0.3, -0.25) is 0 Å². The van der Waals surface area contributed by atoms with Crippen molar-refractivity contribution in [2.24, 2.45) is 5.92 Å². The van der Waals surface area contributed by atoms with Crippen molar-refractivity contribution in [2.75, 3.05) is 0 Å². The first kappa shape index (κ1) is 18.7. The predicted octanol–water partition coefficient (Wildman–Crippen LogP) is 5.58. The topological polar surface area (TPSA) is 62.1 Å². The molecular formula is C23H22N4O2. The third kappa shape index (κ3) is 4.79. The maximum absolute atomic E-state index is 5.96. The van der Waals surface area contributed by atoms with Crippen LogP contribution >= 0.6 is 0 Å². The van der Waals surface area contributed by atoms with Gasteiger partial charge in [0.15, 0.2) is 0 Å². The van der Waals surface area contributed by atoms with Crippen LogP contribution in [0.1, 0.15) is 13.8 Å². The molecule has 4 rings (SSSR count). The summed E-state index contributed by atoms with van der Waals surface area (Å²) in [4.78, 5) is 12.6. The van der Waals surface area contributed by atoms with E-state index in [9.17, 15) is 0 Å². The van der Waals surface area contributed by atoms with Gasteiger partial charge < -0.3 is 14.0 Å². The van der Waals surface area contributed by atoms with E-state index in [0.717, 1.165) is 17.8 Å². The van der Waals surface area contributed by atoms with Crippen LogP contribution in [0.4, 0.5) is 0 Å². The molecule has 6 nitrogen and oxygen atoms in total. The molecule has 0 bridgehead atoms. The van der Waals surface area contributed by atoms with Crippen LogP contribution < -0.4 is 9.47 Å². The summed E-state index contributed by atoms with van der Waals surface area (Å²) < 4.78 is 13.9. The molecule has 0 spiro atoms. The van der Waals surface area contributed by atoms with E-state index in [-0.39, 0.29) is 0 Å². The highest BCUT2D eigenvalue weighted by Crippen LogP contribution is 2.28. The molecule has 0 radical (unpaired) electrons. The summed E-state index contributed by atoms with van der Waals surface area (Å²) in [6, 6.07) is 19.0. The number of rotatable bonds is 7. The molecule has 0 saturated carbocycles. The number of nitrogens with zero attached hydrogens (tertiary/aromatic N) is 4. The maximum atomic E-state index is 5.96. The molecule has 2 aromatic heterocycles. The molecule has 29 heavy (non-hydrogen) atoms. The summed E-state index contributed by atoms with van der Waals surface area (Å²) in [5.74, 6) is 2.76. The summed E-state index contributed by atoms with van der Waals surface area (Å²) >= 11 is 0. The van der Waals surface area contributed by atoms with Gasteiger partial charge in [-0.2, -0.15) is 0 Å². The summed E-state index contributed by atoms with van der Waals surface area (Å²) in [6.07, 6.45) is 5.16. The third-order valence-corrected chi connectivity index (χ3v) is 4.21. The van der Waals surface area contributed by atoms with Crippen LogP contribution in [0.25, 0.3) is 11.3 Å². The Hall–Kier alpha value is -3.67. The Morgan fingerprint density at radius 3 is 2.34 bits per heavy atom. The zero-order valence-electron chi connectivity index (χ0n) is 16.4. The quantitative estimate of drug-likeness (QED) is 0.415. The minimum Gasteiger partial charge on any atom is -0.439 e. The number of benzene rings is 2. The average Bonchev–Trinajstić information content (AvgIpc) is 3.17. The van der Waals surface area contributed by atoms with Gasteiger partial charge in [0, 0.05) is 12.1 Å². The zero-order chi connectivity index (χ0) is 20.1. The largest absolute Gasteiger partial charge is 0.439 e. The lowest BCUT2D eigenvalue weighted by Gasteiger charge is -2.12. The van der Waals surface area contributed by atoms with Gasteiger partial charge in [0.2, 0.25) is 11.8 Å². The van der Waals surface area contributed by atoms with Crippen LogP contribution in [-0.4, -0.2) is 19.5 Å². The lowest BCUT2D eigenvalue weighted by Crippen LogP contribution is -2.04. The summed E-state index contributed by atoms with van der Waals surface area (Å²) in [7, 11) is 0. The Labute approximate surface area is 169 Å². The molecule has 0 amide bonds. The highest BCUT2D eigenvalue weighted by molar-refractivity contribution is 5.61. The lowest BCUT2D eigenvalue weighted by molar-refractivity contribution is 0.433. The van der Waals surface area contributed by atoms with Crippen LogP contribution in [0.2, 0.25) is 0 Å². The van der Waals surface area contributed by atoms with Crippen LogP contribution in [0.5, 0.6) is 23.3 Å². The minimum atomic E-state index is 0.416. The van der Waals surface area contributed by atoms with Crippen molar-refractivity contribution in [3.05, 3.63) is 79.5 Å². The molecule has 0 fully saturated rings. The van der Waals surface area contributed by atoms with Crippen LogP contribution in [0.15, 0.2) is 79.5 Å². The van der Waals surface area contributed by atoms with Gasteiger partial charge in [-0.15, -0.1) is 0 Å². The monoisotopic (exact) mass is 386 g/mol. The Morgan fingerprint density at radius 1 is 0.862 bits per heavy atom. The number of hydrogen-bond acceptors (Lipinski definition) is 5. The highest BCUT2D eigenvalue weighted by Gasteiger charge is 2.09. The second-order valence-electron chi connectivity index (χ2n) is 7.06. The van der Waals surface area contributed by atoms with Gasteiger partial charge in [0.05, 0.1) is 24.3 Å². The van der Waals surface area contributed by atoms with Gasteiger partial charge in [-0.05, 0) is 30.2 Å². The average molecular weight is 386 g/mol. The second-order valence-corrected chi connectivity index (χ2v) is 7.06. The molecule has 146 valence electrons. The Balaban J connectivity index is 1.53. The molecule has 0 aliphatic rings. The van der Waals surface area contributed by atoms with Crippen molar-refractivity contribution in [1.29, 1.82) is 0 Å². The molecule has 0 unspecified atom stereocenters. The Morgan fingerprint density at radius 2 is 1.59 bits per heavy atom. The smallest absolute Gasteiger partial charge is 0.226 e. The molecule has 0 atom stereocenters. The van der Waals surface area contributed by atoms with E-state index >= 15 is 0 Å². The highest BCUT2D eigenvalue weighted by atomic mass is 16.5. The minimum absolute atomic E-state index is 0.416. The first-order chi connectivity index (χ1) is 14.2. The van der Waals surface area contributed by atoms with Crippen LogP contribution in [0, 0.1) is 5.92 Å². The van der Waals surface area contributed by atoms with Gasteiger partial charge in [0.25, 0.3) is 0 Å². The Kier molecular flexibility index (Phi) is 5.52. The van der Waals surface area contributed by atoms with E-state index in [1.807, 2.05) is 67.1 Å². The van der Waals surface area contributed by atoms with Gasteiger partial charge in [-0.1, -0.05) is 44.2 Å². The van der Waals surface area contributed by atoms with E-state index in [2.05, 4.69) is 33.4 Å². The van der Waals surface area contributed by atoms with Crippen molar-refractivity contribution >= 4 is 0 Å². The third-order valence-electron chi connectivity index (χ3n) is 4.21. The van der Waals surface area contributed by atoms with E-state index in [4.69, 9.17) is 9.47 Å². The van der Waals surface area contributed by atoms with Gasteiger partial charge >= 0.3 is 0 Å². The fourth-order valence-electron chi connectivity index (χ4n) is 2.98. The zero-order valence-corrected chi connectivity index (χ0v) is 16.4. The molecule has 6 heteroatoms. The fraction of sp³-hybridized carbons (Fsp3) is 0.174. The lowest BCUT2D eigenvalue weighted by atomic mass is 10.1. The SMILES string of the molecule is CC(C)Cn1cncc1-c1cccc(Oc2cc(Oc3ccccc3)ncn2)c1. The van der Waals surface area contributed by atoms with E-state index in [1.54, 1.807) is 6.07 Å². The number of hydrogen-bond donors (Lipinski definition) is 0. The number of ether oxygens (including phenoxy) is 2. The molecule has 0 N–H and O–H groups in total. The number of aromatic nitrogens is 4. The molecular weight excluding hydrogens is 364 g/mol. The van der Waals surface area contributed by atoms with Crippen molar-refractivity contribution in [3.8, 4) is 34.5 Å². The van der Waals surface area contributed by atoms with Gasteiger partial charge in [-0.25, -0.2) is 15.0 Å². The standard InChI is InChI=1S/C23H22N4O2/c1-17(2)14-27-16-24-13-21(27)18-7-6-10-20(11-18)29-23-12-22(25-15-26-23)28-19-8-4-3-5-9-19/h3-13,15-17H,14H2,1-2H3. The molecule has 4 aromatic rings. The van der Waals surface area contributed by atoms with Gasteiger partial charge in [0.1, 0.15) is 17.8 Å². The molecule has 0 saturated heterocycles. The van der Waals surface area contributed by atoms with E-state index in [0.29, 0.717) is 29.2 Å². The normalized spacial score (nSPS) is 10.9. The number of imidazole rings is 1. The van der Waals surface area contributed by atoms with Crippen molar-refractivity contribution in [3.63, 3.8) is 0 Å². The number of para-hydroxylation sites is 1. The van der Waals surface area contributed by atoms with Crippen LogP contribution in [-0.2, 0) is 6.54 Å². The summed E-state index contributed by atoms with van der Waals surface area (Å²) in [5.41, 5.74) is 2.09. The van der Waals surface area contributed by atoms with Crippen molar-refractivity contribution in [2.45, 2.75) is 20.4 Å². The molecule has 0 aliphatic heterocycles. The fourth-order valence-corrected chi connectivity index (χ4v) is 2.98.